The fraction of sp³-hybridized carbons (Fsp3) is 0.333. The van der Waals surface area contributed by atoms with Crippen LogP contribution in [0.25, 0.3) is 0 Å². The van der Waals surface area contributed by atoms with E-state index in [2.05, 4.69) is 11.4 Å². The van der Waals surface area contributed by atoms with Crippen molar-refractivity contribution in [2.24, 2.45) is 0 Å². The van der Waals surface area contributed by atoms with E-state index in [9.17, 15) is 4.79 Å². The minimum Gasteiger partial charge on any atom is -0.338 e. The van der Waals surface area contributed by atoms with Crippen LogP contribution in [0.5, 0.6) is 0 Å². The van der Waals surface area contributed by atoms with E-state index in [1.165, 1.54) is 0 Å². The normalized spacial score (nSPS) is 15.4. The molecule has 4 nitrogen and oxygen atoms in total. The molecule has 1 N–H and O–H groups in total. The lowest BCUT2D eigenvalue weighted by Gasteiger charge is -2.27. The average molecular weight is 215 g/mol. The maximum Gasteiger partial charge on any atom is 0.317 e. The SMILES string of the molecule is N#Cc1ccc(CN2CCCNC2=O)cc1. The van der Waals surface area contributed by atoms with Gasteiger partial charge in [0, 0.05) is 19.6 Å². The second-order valence-corrected chi connectivity index (χ2v) is 3.82. The Balaban J connectivity index is 2.03. The topological polar surface area (TPSA) is 56.1 Å². The van der Waals surface area contributed by atoms with Gasteiger partial charge in [-0.3, -0.25) is 0 Å². The molecular weight excluding hydrogens is 202 g/mol. The first kappa shape index (κ1) is 10.5. The van der Waals surface area contributed by atoms with Gasteiger partial charge in [0.2, 0.25) is 0 Å². The van der Waals surface area contributed by atoms with Gasteiger partial charge >= 0.3 is 6.03 Å². The molecule has 0 aliphatic carbocycles. The molecule has 1 heterocycles. The number of hydrogen-bond donors (Lipinski definition) is 1. The summed E-state index contributed by atoms with van der Waals surface area (Å²) in [5.74, 6) is 0. The van der Waals surface area contributed by atoms with Crippen molar-refractivity contribution in [3.63, 3.8) is 0 Å². The number of nitrogens with one attached hydrogen (secondary N) is 1. The van der Waals surface area contributed by atoms with E-state index in [-0.39, 0.29) is 6.03 Å². The van der Waals surface area contributed by atoms with Gasteiger partial charge in [-0.2, -0.15) is 5.26 Å². The highest BCUT2D eigenvalue weighted by Gasteiger charge is 2.16. The smallest absolute Gasteiger partial charge is 0.317 e. The second-order valence-electron chi connectivity index (χ2n) is 3.82. The van der Waals surface area contributed by atoms with Crippen molar-refractivity contribution < 1.29 is 4.79 Å². The predicted octanol–water partition coefficient (Wildman–Crippen LogP) is 1.47. The van der Waals surface area contributed by atoms with Crippen molar-refractivity contribution in [1.29, 1.82) is 5.26 Å². The highest BCUT2D eigenvalue weighted by atomic mass is 16.2. The van der Waals surface area contributed by atoms with Crippen molar-refractivity contribution >= 4 is 6.03 Å². The van der Waals surface area contributed by atoms with Gasteiger partial charge in [-0.25, -0.2) is 4.79 Å². The van der Waals surface area contributed by atoms with Crippen LogP contribution in [0.3, 0.4) is 0 Å². The summed E-state index contributed by atoms with van der Waals surface area (Å²) in [6.07, 6.45) is 0.988. The maximum atomic E-state index is 11.5. The van der Waals surface area contributed by atoms with Gasteiger partial charge in [0.05, 0.1) is 11.6 Å². The van der Waals surface area contributed by atoms with Crippen molar-refractivity contribution in [1.82, 2.24) is 10.2 Å². The highest BCUT2D eigenvalue weighted by Crippen LogP contribution is 2.09. The van der Waals surface area contributed by atoms with Crippen LogP contribution in [-0.2, 0) is 6.54 Å². The molecule has 16 heavy (non-hydrogen) atoms. The summed E-state index contributed by atoms with van der Waals surface area (Å²) in [6, 6.07) is 9.40. The zero-order valence-electron chi connectivity index (χ0n) is 8.94. The van der Waals surface area contributed by atoms with Crippen molar-refractivity contribution in [2.75, 3.05) is 13.1 Å². The third-order valence-electron chi connectivity index (χ3n) is 2.62. The minimum absolute atomic E-state index is 0.00407. The van der Waals surface area contributed by atoms with Crippen LogP contribution in [0.2, 0.25) is 0 Å². The molecule has 0 radical (unpaired) electrons. The van der Waals surface area contributed by atoms with Crippen LogP contribution in [0.4, 0.5) is 4.79 Å². The van der Waals surface area contributed by atoms with E-state index < -0.39 is 0 Å². The first-order chi connectivity index (χ1) is 7.79. The Hall–Kier alpha value is -2.02. The van der Waals surface area contributed by atoms with Gasteiger partial charge in [-0.1, -0.05) is 12.1 Å². The molecule has 1 aromatic rings. The Labute approximate surface area is 94.5 Å². The third-order valence-corrected chi connectivity index (χ3v) is 2.62. The number of carbonyl (C=O) groups is 1. The molecule has 4 heteroatoms. The number of rotatable bonds is 2. The quantitative estimate of drug-likeness (QED) is 0.812. The molecule has 0 saturated carbocycles. The predicted molar refractivity (Wildman–Crippen MR) is 59.6 cm³/mol. The van der Waals surface area contributed by atoms with E-state index in [0.717, 1.165) is 25.1 Å². The lowest BCUT2D eigenvalue weighted by molar-refractivity contribution is 0.183. The van der Waals surface area contributed by atoms with E-state index in [1.807, 2.05) is 12.1 Å². The monoisotopic (exact) mass is 215 g/mol. The Morgan fingerprint density at radius 2 is 2.12 bits per heavy atom. The Kier molecular flexibility index (Phi) is 3.06. The number of benzene rings is 1. The van der Waals surface area contributed by atoms with Crippen LogP contribution in [0, 0.1) is 11.3 Å². The summed E-state index contributed by atoms with van der Waals surface area (Å²) in [6.45, 7) is 2.17. The zero-order valence-corrected chi connectivity index (χ0v) is 8.94. The molecule has 82 valence electrons. The highest BCUT2D eigenvalue weighted by molar-refractivity contribution is 5.74. The number of urea groups is 1. The third kappa shape index (κ3) is 2.31. The molecule has 0 atom stereocenters. The van der Waals surface area contributed by atoms with E-state index >= 15 is 0 Å². The van der Waals surface area contributed by atoms with Gasteiger partial charge in [-0.05, 0) is 24.1 Å². The van der Waals surface area contributed by atoms with Crippen molar-refractivity contribution in [3.8, 4) is 6.07 Å². The number of carbonyl (C=O) groups excluding carboxylic acids is 1. The maximum absolute atomic E-state index is 11.5. The summed E-state index contributed by atoms with van der Waals surface area (Å²) in [5.41, 5.74) is 1.70. The van der Waals surface area contributed by atoms with Gasteiger partial charge in [0.25, 0.3) is 0 Å². The first-order valence-corrected chi connectivity index (χ1v) is 5.31. The fourth-order valence-electron chi connectivity index (χ4n) is 1.73. The van der Waals surface area contributed by atoms with Crippen LogP contribution in [0.15, 0.2) is 24.3 Å². The molecule has 1 fully saturated rings. The summed E-state index contributed by atoms with van der Waals surface area (Å²) in [5, 5.41) is 11.5. The molecule has 0 aromatic heterocycles. The average Bonchev–Trinajstić information content (AvgIpc) is 2.33. The van der Waals surface area contributed by atoms with Crippen molar-refractivity contribution in [3.05, 3.63) is 35.4 Å². The molecule has 1 aromatic carbocycles. The number of nitriles is 1. The first-order valence-electron chi connectivity index (χ1n) is 5.31. The molecule has 2 rings (SSSR count). The summed E-state index contributed by atoms with van der Waals surface area (Å²) in [7, 11) is 0. The molecule has 1 saturated heterocycles. The standard InChI is InChI=1S/C12H13N3O/c13-8-10-2-4-11(5-3-10)9-15-7-1-6-14-12(15)16/h2-5H,1,6-7,9H2,(H,14,16). The molecule has 1 aliphatic heterocycles. The molecule has 0 spiro atoms. The zero-order chi connectivity index (χ0) is 11.4. The number of amides is 2. The Bertz CT molecular complexity index is 419. The van der Waals surface area contributed by atoms with E-state index in [1.54, 1.807) is 17.0 Å². The second kappa shape index (κ2) is 4.67. The summed E-state index contributed by atoms with van der Waals surface area (Å²) < 4.78 is 0. The Morgan fingerprint density at radius 3 is 2.75 bits per heavy atom. The van der Waals surface area contributed by atoms with Crippen LogP contribution >= 0.6 is 0 Å². The van der Waals surface area contributed by atoms with E-state index in [4.69, 9.17) is 5.26 Å². The van der Waals surface area contributed by atoms with Crippen LogP contribution in [-0.4, -0.2) is 24.0 Å². The van der Waals surface area contributed by atoms with Gasteiger partial charge in [0.15, 0.2) is 0 Å². The molecule has 0 bridgehead atoms. The van der Waals surface area contributed by atoms with Gasteiger partial charge in [0.1, 0.15) is 0 Å². The lowest BCUT2D eigenvalue weighted by atomic mass is 10.1. The van der Waals surface area contributed by atoms with Crippen LogP contribution in [0.1, 0.15) is 17.5 Å². The Morgan fingerprint density at radius 1 is 1.38 bits per heavy atom. The lowest BCUT2D eigenvalue weighted by Crippen LogP contribution is -2.45. The molecule has 0 unspecified atom stereocenters. The summed E-state index contributed by atoms with van der Waals surface area (Å²) >= 11 is 0. The fourth-order valence-corrected chi connectivity index (χ4v) is 1.73. The van der Waals surface area contributed by atoms with Crippen molar-refractivity contribution in [2.45, 2.75) is 13.0 Å². The van der Waals surface area contributed by atoms with Gasteiger partial charge in [-0.15, -0.1) is 0 Å². The van der Waals surface area contributed by atoms with Gasteiger partial charge < -0.3 is 10.2 Å². The summed E-state index contributed by atoms with van der Waals surface area (Å²) in [4.78, 5) is 13.3. The largest absolute Gasteiger partial charge is 0.338 e. The van der Waals surface area contributed by atoms with Crippen LogP contribution < -0.4 is 5.32 Å². The minimum atomic E-state index is -0.00407. The molecule has 2 amide bonds. The molecular formula is C12H13N3O. The van der Waals surface area contributed by atoms with E-state index in [0.29, 0.717) is 12.1 Å². The number of nitrogens with zero attached hydrogens (tertiary/aromatic N) is 2. The number of hydrogen-bond acceptors (Lipinski definition) is 2. The molecule has 1 aliphatic rings.